The summed E-state index contributed by atoms with van der Waals surface area (Å²) >= 11 is 0. The Morgan fingerprint density at radius 1 is 1.32 bits per heavy atom. The standard InChI is InChI=1S/C12H16N2O5/c1-8(9-3-5-10(18-2)6-4-9)13-12(17)14-19-7-11(15)16/h3-6,8H,7H2,1-2H3,(H,15,16)(H2,13,14,17). The van der Waals surface area contributed by atoms with Crippen LogP contribution < -0.4 is 15.5 Å². The van der Waals surface area contributed by atoms with Crippen LogP contribution >= 0.6 is 0 Å². The zero-order valence-corrected chi connectivity index (χ0v) is 10.7. The molecule has 1 rings (SSSR count). The minimum Gasteiger partial charge on any atom is -0.497 e. The van der Waals surface area contributed by atoms with Gasteiger partial charge in [-0.2, -0.15) is 0 Å². The number of carbonyl (C=O) groups is 2. The van der Waals surface area contributed by atoms with Gasteiger partial charge in [0.05, 0.1) is 13.2 Å². The lowest BCUT2D eigenvalue weighted by atomic mass is 10.1. The van der Waals surface area contributed by atoms with E-state index in [1.54, 1.807) is 26.2 Å². The summed E-state index contributed by atoms with van der Waals surface area (Å²) < 4.78 is 5.03. The highest BCUT2D eigenvalue weighted by Crippen LogP contribution is 2.16. The van der Waals surface area contributed by atoms with Gasteiger partial charge in [0.15, 0.2) is 6.61 Å². The molecule has 0 aromatic heterocycles. The summed E-state index contributed by atoms with van der Waals surface area (Å²) in [4.78, 5) is 26.0. The molecular weight excluding hydrogens is 252 g/mol. The van der Waals surface area contributed by atoms with Crippen molar-refractivity contribution in [3.63, 3.8) is 0 Å². The molecule has 1 aromatic rings. The number of urea groups is 1. The monoisotopic (exact) mass is 268 g/mol. The number of nitrogens with one attached hydrogen (secondary N) is 2. The maximum Gasteiger partial charge on any atom is 0.339 e. The number of carboxylic acid groups (broad SMARTS) is 1. The van der Waals surface area contributed by atoms with Crippen molar-refractivity contribution in [2.24, 2.45) is 0 Å². The first-order valence-corrected chi connectivity index (χ1v) is 5.57. The zero-order chi connectivity index (χ0) is 14.3. The van der Waals surface area contributed by atoms with Crippen molar-refractivity contribution in [3.8, 4) is 5.75 Å². The summed E-state index contributed by atoms with van der Waals surface area (Å²) in [5, 5.41) is 10.9. The minimum atomic E-state index is -1.16. The van der Waals surface area contributed by atoms with Crippen LogP contribution in [0.25, 0.3) is 0 Å². The second-order valence-corrected chi connectivity index (χ2v) is 3.75. The first-order chi connectivity index (χ1) is 9.02. The van der Waals surface area contributed by atoms with Crippen molar-refractivity contribution in [3.05, 3.63) is 29.8 Å². The van der Waals surface area contributed by atoms with Gasteiger partial charge in [-0.05, 0) is 24.6 Å². The number of carbonyl (C=O) groups excluding carboxylic acids is 1. The maximum absolute atomic E-state index is 11.4. The highest BCUT2D eigenvalue weighted by Gasteiger charge is 2.09. The van der Waals surface area contributed by atoms with Crippen LogP contribution in [0.2, 0.25) is 0 Å². The minimum absolute atomic E-state index is 0.251. The van der Waals surface area contributed by atoms with Gasteiger partial charge >= 0.3 is 12.0 Å². The zero-order valence-electron chi connectivity index (χ0n) is 10.7. The smallest absolute Gasteiger partial charge is 0.339 e. The van der Waals surface area contributed by atoms with Crippen molar-refractivity contribution in [1.29, 1.82) is 0 Å². The van der Waals surface area contributed by atoms with Gasteiger partial charge in [0.25, 0.3) is 0 Å². The van der Waals surface area contributed by atoms with Crippen LogP contribution in [-0.4, -0.2) is 30.8 Å². The Morgan fingerprint density at radius 2 is 1.95 bits per heavy atom. The summed E-state index contributed by atoms with van der Waals surface area (Å²) in [6, 6.07) is 6.35. The number of aliphatic carboxylic acids is 1. The van der Waals surface area contributed by atoms with Gasteiger partial charge in [-0.25, -0.2) is 15.1 Å². The van der Waals surface area contributed by atoms with Crippen LogP contribution in [0.1, 0.15) is 18.5 Å². The van der Waals surface area contributed by atoms with Gasteiger partial charge < -0.3 is 15.2 Å². The lowest BCUT2D eigenvalue weighted by Gasteiger charge is -2.14. The molecule has 0 heterocycles. The van der Waals surface area contributed by atoms with Crippen LogP contribution in [-0.2, 0) is 9.63 Å². The van der Waals surface area contributed by atoms with Crippen molar-refractivity contribution >= 4 is 12.0 Å². The number of hydrogen-bond donors (Lipinski definition) is 3. The number of ether oxygens (including phenoxy) is 1. The van der Waals surface area contributed by atoms with E-state index in [1.165, 1.54) is 0 Å². The molecule has 0 fully saturated rings. The molecule has 0 spiro atoms. The second-order valence-electron chi connectivity index (χ2n) is 3.75. The average Bonchev–Trinajstić information content (AvgIpc) is 2.38. The molecule has 1 unspecified atom stereocenters. The molecule has 7 heteroatoms. The fourth-order valence-corrected chi connectivity index (χ4v) is 1.37. The average molecular weight is 268 g/mol. The van der Waals surface area contributed by atoms with E-state index in [-0.39, 0.29) is 6.04 Å². The maximum atomic E-state index is 11.4. The van der Waals surface area contributed by atoms with Gasteiger partial charge in [0.1, 0.15) is 5.75 Å². The third kappa shape index (κ3) is 5.26. The normalized spacial score (nSPS) is 11.5. The Morgan fingerprint density at radius 3 is 2.47 bits per heavy atom. The second kappa shape index (κ2) is 7.22. The Kier molecular flexibility index (Phi) is 5.62. The Hall–Kier alpha value is -2.28. The van der Waals surface area contributed by atoms with Crippen molar-refractivity contribution in [2.45, 2.75) is 13.0 Å². The van der Waals surface area contributed by atoms with E-state index in [4.69, 9.17) is 9.84 Å². The van der Waals surface area contributed by atoms with Gasteiger partial charge in [0.2, 0.25) is 0 Å². The molecule has 1 aromatic carbocycles. The van der Waals surface area contributed by atoms with E-state index in [1.807, 2.05) is 17.6 Å². The van der Waals surface area contributed by atoms with Gasteiger partial charge in [-0.15, -0.1) is 0 Å². The molecule has 0 aliphatic heterocycles. The quantitative estimate of drug-likeness (QED) is 0.670. The first kappa shape index (κ1) is 14.8. The summed E-state index contributed by atoms with van der Waals surface area (Å²) in [5.74, 6) is -0.436. The first-order valence-electron chi connectivity index (χ1n) is 5.57. The molecule has 0 aliphatic carbocycles. The lowest BCUT2D eigenvalue weighted by molar-refractivity contribution is -0.144. The largest absolute Gasteiger partial charge is 0.497 e. The Balaban J connectivity index is 2.42. The van der Waals surface area contributed by atoms with E-state index in [0.717, 1.165) is 11.3 Å². The number of amides is 2. The lowest BCUT2D eigenvalue weighted by Crippen LogP contribution is -2.37. The highest BCUT2D eigenvalue weighted by atomic mass is 16.7. The van der Waals surface area contributed by atoms with Crippen LogP contribution in [0, 0.1) is 0 Å². The molecule has 104 valence electrons. The summed E-state index contributed by atoms with van der Waals surface area (Å²) in [7, 11) is 1.57. The highest BCUT2D eigenvalue weighted by molar-refractivity contribution is 5.74. The molecule has 3 N–H and O–H groups in total. The molecule has 0 saturated heterocycles. The molecule has 0 saturated carbocycles. The number of benzene rings is 1. The molecule has 1 atom stereocenters. The van der Waals surface area contributed by atoms with E-state index in [9.17, 15) is 9.59 Å². The Bertz CT molecular complexity index is 432. The van der Waals surface area contributed by atoms with Crippen LogP contribution in [0.15, 0.2) is 24.3 Å². The number of methoxy groups -OCH3 is 1. The summed E-state index contributed by atoms with van der Waals surface area (Å²) in [5.41, 5.74) is 2.87. The molecule has 19 heavy (non-hydrogen) atoms. The van der Waals surface area contributed by atoms with E-state index >= 15 is 0 Å². The fourth-order valence-electron chi connectivity index (χ4n) is 1.37. The van der Waals surface area contributed by atoms with Crippen molar-refractivity contribution < 1.29 is 24.3 Å². The third-order valence-electron chi connectivity index (χ3n) is 2.32. The molecule has 7 nitrogen and oxygen atoms in total. The number of carboxylic acids is 1. The van der Waals surface area contributed by atoms with Crippen LogP contribution in [0.3, 0.4) is 0 Å². The van der Waals surface area contributed by atoms with Crippen molar-refractivity contribution in [2.75, 3.05) is 13.7 Å². The predicted molar refractivity (Wildman–Crippen MR) is 66.7 cm³/mol. The van der Waals surface area contributed by atoms with E-state index < -0.39 is 18.6 Å². The topological polar surface area (TPSA) is 96.9 Å². The number of hydroxylamine groups is 1. The predicted octanol–water partition coefficient (Wildman–Crippen LogP) is 1.07. The van der Waals surface area contributed by atoms with Gasteiger partial charge in [-0.3, -0.25) is 4.84 Å². The Labute approximate surface area is 110 Å². The van der Waals surface area contributed by atoms with Crippen LogP contribution in [0.5, 0.6) is 5.75 Å². The fraction of sp³-hybridized carbons (Fsp3) is 0.333. The van der Waals surface area contributed by atoms with Gasteiger partial charge in [0, 0.05) is 0 Å². The molecule has 2 amide bonds. The van der Waals surface area contributed by atoms with E-state index in [0.29, 0.717) is 0 Å². The van der Waals surface area contributed by atoms with Gasteiger partial charge in [-0.1, -0.05) is 12.1 Å². The molecule has 0 radical (unpaired) electrons. The number of rotatable bonds is 6. The van der Waals surface area contributed by atoms with Crippen LogP contribution in [0.4, 0.5) is 4.79 Å². The van der Waals surface area contributed by atoms with Crippen molar-refractivity contribution in [1.82, 2.24) is 10.8 Å². The summed E-state index contributed by atoms with van der Waals surface area (Å²) in [6.07, 6.45) is 0. The SMILES string of the molecule is COc1ccc(C(C)NC(=O)NOCC(=O)O)cc1. The molecular formula is C12H16N2O5. The third-order valence-corrected chi connectivity index (χ3v) is 2.32. The summed E-state index contributed by atoms with van der Waals surface area (Å²) in [6.45, 7) is 1.20. The van der Waals surface area contributed by atoms with E-state index in [2.05, 4.69) is 10.2 Å². The molecule has 0 aliphatic rings. The number of hydrogen-bond acceptors (Lipinski definition) is 4. The molecule has 0 bridgehead atoms.